The minimum absolute atomic E-state index is 0.135. The highest BCUT2D eigenvalue weighted by atomic mass is 32.2. The smallest absolute Gasteiger partial charge is 0.128 e. The summed E-state index contributed by atoms with van der Waals surface area (Å²) >= 11 is 4.92. The Hall–Kier alpha value is -1.93. The SMILES string of the molecule is Cc1nc(SC[C@@H](C#N)CCC#N)c2c(-c3cccs3)csc2n1. The number of thiophene rings is 2. The van der Waals surface area contributed by atoms with Gasteiger partial charge in [0.1, 0.15) is 15.7 Å². The van der Waals surface area contributed by atoms with Crippen LogP contribution in [-0.4, -0.2) is 15.7 Å². The summed E-state index contributed by atoms with van der Waals surface area (Å²) in [4.78, 5) is 11.4. The molecule has 1 atom stereocenters. The Morgan fingerprint density at radius 3 is 2.88 bits per heavy atom. The molecule has 0 aromatic carbocycles. The van der Waals surface area contributed by atoms with Gasteiger partial charge in [0.15, 0.2) is 0 Å². The van der Waals surface area contributed by atoms with Gasteiger partial charge in [-0.25, -0.2) is 9.97 Å². The third-order valence-corrected chi connectivity index (χ3v) is 6.42. The summed E-state index contributed by atoms with van der Waals surface area (Å²) in [5.41, 5.74) is 1.16. The number of aryl methyl sites for hydroxylation is 1. The zero-order valence-electron chi connectivity index (χ0n) is 13.0. The van der Waals surface area contributed by atoms with Gasteiger partial charge in [-0.2, -0.15) is 10.5 Å². The van der Waals surface area contributed by atoms with E-state index < -0.39 is 0 Å². The first-order chi connectivity index (χ1) is 11.7. The fourth-order valence-corrected chi connectivity index (χ4v) is 5.35. The molecule has 7 heteroatoms. The van der Waals surface area contributed by atoms with E-state index in [1.165, 1.54) is 4.88 Å². The van der Waals surface area contributed by atoms with Crippen LogP contribution >= 0.6 is 34.4 Å². The van der Waals surface area contributed by atoms with E-state index in [-0.39, 0.29) is 5.92 Å². The number of aromatic nitrogens is 2. The first-order valence-corrected chi connectivity index (χ1v) is 10.2. The predicted octanol–water partition coefficient (Wildman–Crippen LogP) is 5.26. The molecule has 0 saturated carbocycles. The second-order valence-corrected chi connectivity index (χ2v) is 8.03. The van der Waals surface area contributed by atoms with Gasteiger partial charge in [-0.1, -0.05) is 6.07 Å². The van der Waals surface area contributed by atoms with Gasteiger partial charge in [0.2, 0.25) is 0 Å². The molecule has 3 aromatic heterocycles. The van der Waals surface area contributed by atoms with Crippen molar-refractivity contribution in [1.29, 1.82) is 10.5 Å². The summed E-state index contributed by atoms with van der Waals surface area (Å²) in [6.45, 7) is 1.89. The van der Waals surface area contributed by atoms with E-state index >= 15 is 0 Å². The Bertz CT molecular complexity index is 916. The number of nitriles is 2. The Balaban J connectivity index is 1.93. The molecule has 0 aliphatic heterocycles. The van der Waals surface area contributed by atoms with Crippen LogP contribution in [0.3, 0.4) is 0 Å². The molecule has 0 aliphatic carbocycles. The van der Waals surface area contributed by atoms with E-state index in [0.717, 1.165) is 26.6 Å². The monoisotopic (exact) mass is 370 g/mol. The number of nitrogens with zero attached hydrogens (tertiary/aromatic N) is 4. The van der Waals surface area contributed by atoms with Crippen LogP contribution in [0, 0.1) is 35.5 Å². The topological polar surface area (TPSA) is 73.4 Å². The quantitative estimate of drug-likeness (QED) is 0.437. The molecular formula is C17H14N4S3. The molecule has 4 nitrogen and oxygen atoms in total. The van der Waals surface area contributed by atoms with Crippen molar-refractivity contribution in [2.45, 2.75) is 24.8 Å². The largest absolute Gasteiger partial charge is 0.226 e. The minimum atomic E-state index is -0.135. The van der Waals surface area contributed by atoms with E-state index in [9.17, 15) is 5.26 Å². The standard InChI is InChI=1S/C17H14N4S3/c1-11-20-16(23-9-12(8-19)4-2-6-18)15-13(10-24-17(15)21-11)14-5-3-7-22-14/h3,5,7,10,12H,2,4,9H2,1H3/t12-/m1/s1. The van der Waals surface area contributed by atoms with Crippen molar-refractivity contribution in [2.24, 2.45) is 5.92 Å². The van der Waals surface area contributed by atoms with Gasteiger partial charge in [-0.3, -0.25) is 0 Å². The maximum absolute atomic E-state index is 9.26. The van der Waals surface area contributed by atoms with E-state index in [4.69, 9.17) is 5.26 Å². The average molecular weight is 371 g/mol. The average Bonchev–Trinajstić information content (AvgIpc) is 3.23. The number of thioether (sulfide) groups is 1. The molecule has 0 saturated heterocycles. The van der Waals surface area contributed by atoms with Crippen LogP contribution in [0.15, 0.2) is 27.9 Å². The lowest BCUT2D eigenvalue weighted by molar-refractivity contribution is 0.685. The van der Waals surface area contributed by atoms with Crippen molar-refractivity contribution in [3.8, 4) is 22.6 Å². The summed E-state index contributed by atoms with van der Waals surface area (Å²) in [6.07, 6.45) is 1.02. The Morgan fingerprint density at radius 1 is 1.29 bits per heavy atom. The van der Waals surface area contributed by atoms with Crippen LogP contribution in [0.4, 0.5) is 0 Å². The summed E-state index contributed by atoms with van der Waals surface area (Å²) in [7, 11) is 0. The molecular weight excluding hydrogens is 356 g/mol. The Labute approximate surface area is 152 Å². The first-order valence-electron chi connectivity index (χ1n) is 7.42. The zero-order chi connectivity index (χ0) is 16.9. The van der Waals surface area contributed by atoms with Crippen molar-refractivity contribution in [2.75, 3.05) is 5.75 Å². The maximum Gasteiger partial charge on any atom is 0.128 e. The highest BCUT2D eigenvalue weighted by molar-refractivity contribution is 7.99. The molecule has 0 unspecified atom stereocenters. The van der Waals surface area contributed by atoms with E-state index in [2.05, 4.69) is 38.9 Å². The van der Waals surface area contributed by atoms with Crippen LogP contribution in [0.5, 0.6) is 0 Å². The molecule has 0 fully saturated rings. The lowest BCUT2D eigenvalue weighted by atomic mass is 10.1. The van der Waals surface area contributed by atoms with Gasteiger partial charge in [-0.05, 0) is 24.8 Å². The van der Waals surface area contributed by atoms with Crippen molar-refractivity contribution >= 4 is 44.7 Å². The normalized spacial score (nSPS) is 12.0. The zero-order valence-corrected chi connectivity index (χ0v) is 15.5. The number of rotatable bonds is 6. The molecule has 0 aliphatic rings. The van der Waals surface area contributed by atoms with Crippen molar-refractivity contribution in [3.05, 3.63) is 28.7 Å². The molecule has 0 bridgehead atoms. The van der Waals surface area contributed by atoms with Gasteiger partial charge in [0.25, 0.3) is 0 Å². The van der Waals surface area contributed by atoms with Gasteiger partial charge < -0.3 is 0 Å². The van der Waals surface area contributed by atoms with Crippen LogP contribution in [-0.2, 0) is 0 Å². The molecule has 0 spiro atoms. The lowest BCUT2D eigenvalue weighted by Gasteiger charge is -2.08. The van der Waals surface area contributed by atoms with E-state index in [0.29, 0.717) is 18.6 Å². The molecule has 3 rings (SSSR count). The molecule has 0 N–H and O–H groups in total. The maximum atomic E-state index is 9.26. The van der Waals surface area contributed by atoms with Crippen LogP contribution in [0.2, 0.25) is 0 Å². The number of hydrogen-bond acceptors (Lipinski definition) is 7. The fourth-order valence-electron chi connectivity index (χ4n) is 2.33. The third kappa shape index (κ3) is 3.59. The molecule has 24 heavy (non-hydrogen) atoms. The van der Waals surface area contributed by atoms with Crippen molar-refractivity contribution in [3.63, 3.8) is 0 Å². The number of hydrogen-bond donors (Lipinski definition) is 0. The van der Waals surface area contributed by atoms with E-state index in [1.807, 2.05) is 13.0 Å². The predicted molar refractivity (Wildman–Crippen MR) is 100 cm³/mol. The van der Waals surface area contributed by atoms with Crippen LogP contribution in [0.25, 0.3) is 20.7 Å². The van der Waals surface area contributed by atoms with Crippen molar-refractivity contribution < 1.29 is 0 Å². The summed E-state index contributed by atoms with van der Waals surface area (Å²) in [6, 6.07) is 8.55. The molecule has 3 heterocycles. The molecule has 3 aromatic rings. The van der Waals surface area contributed by atoms with E-state index in [1.54, 1.807) is 34.4 Å². The lowest BCUT2D eigenvalue weighted by Crippen LogP contribution is -2.01. The third-order valence-electron chi connectivity index (χ3n) is 3.51. The van der Waals surface area contributed by atoms with Crippen molar-refractivity contribution in [1.82, 2.24) is 9.97 Å². The summed E-state index contributed by atoms with van der Waals surface area (Å²) < 4.78 is 0. The first kappa shape index (κ1) is 16.9. The molecule has 120 valence electrons. The van der Waals surface area contributed by atoms with Gasteiger partial charge >= 0.3 is 0 Å². The second-order valence-electron chi connectivity index (χ2n) is 5.22. The summed E-state index contributed by atoms with van der Waals surface area (Å²) in [5, 5.41) is 24.2. The van der Waals surface area contributed by atoms with Gasteiger partial charge in [0.05, 0.1) is 23.4 Å². The highest BCUT2D eigenvalue weighted by Gasteiger charge is 2.17. The van der Waals surface area contributed by atoms with Gasteiger partial charge in [0, 0.05) is 28.0 Å². The van der Waals surface area contributed by atoms with Gasteiger partial charge in [-0.15, -0.1) is 34.4 Å². The Kier molecular flexibility index (Phi) is 5.47. The van der Waals surface area contributed by atoms with Crippen LogP contribution in [0.1, 0.15) is 18.7 Å². The molecule has 0 radical (unpaired) electrons. The van der Waals surface area contributed by atoms with Crippen LogP contribution < -0.4 is 0 Å². The fraction of sp³-hybridized carbons (Fsp3) is 0.294. The Morgan fingerprint density at radius 2 is 2.17 bits per heavy atom. The summed E-state index contributed by atoms with van der Waals surface area (Å²) in [5.74, 6) is 1.25. The highest BCUT2D eigenvalue weighted by Crippen LogP contribution is 2.40. The minimum Gasteiger partial charge on any atom is -0.226 e. The molecule has 0 amide bonds. The second kappa shape index (κ2) is 7.76. The number of fused-ring (bicyclic) bond motifs is 1.